The average molecular weight is 478 g/mol. The minimum atomic E-state index is -0.131. The minimum Gasteiger partial charge on any atom is -0.493 e. The number of amides is 1. The lowest BCUT2D eigenvalue weighted by Gasteiger charge is -2.14. The van der Waals surface area contributed by atoms with Crippen molar-refractivity contribution in [2.45, 2.75) is 6.42 Å². The largest absolute Gasteiger partial charge is 0.493 e. The number of ether oxygens (including phenoxy) is 3. The molecule has 1 fully saturated rings. The number of thiocarbonyl (C=S) groups is 1. The van der Waals surface area contributed by atoms with Gasteiger partial charge < -0.3 is 14.2 Å². The van der Waals surface area contributed by atoms with Gasteiger partial charge in [-0.15, -0.1) is 0 Å². The van der Waals surface area contributed by atoms with Gasteiger partial charge in [0.1, 0.15) is 5.75 Å². The third-order valence-electron chi connectivity index (χ3n) is 4.85. The zero-order chi connectivity index (χ0) is 23.0. The fraction of sp³-hybridized carbons (Fsp3) is 0.154. The van der Waals surface area contributed by atoms with E-state index in [1.165, 1.54) is 11.8 Å². The Hall–Kier alpha value is -3.29. The highest BCUT2D eigenvalue weighted by Gasteiger charge is 2.33. The van der Waals surface area contributed by atoms with Crippen molar-refractivity contribution in [2.24, 2.45) is 0 Å². The van der Waals surface area contributed by atoms with E-state index in [9.17, 15) is 4.79 Å². The highest BCUT2D eigenvalue weighted by Crippen LogP contribution is 2.37. The van der Waals surface area contributed by atoms with Gasteiger partial charge in [-0.1, -0.05) is 66.4 Å². The number of methoxy groups -OCH3 is 1. The molecule has 3 aromatic carbocycles. The molecule has 33 heavy (non-hydrogen) atoms. The molecule has 5 nitrogen and oxygen atoms in total. The van der Waals surface area contributed by atoms with E-state index < -0.39 is 0 Å². The van der Waals surface area contributed by atoms with Gasteiger partial charge in [-0.2, -0.15) is 0 Å². The summed E-state index contributed by atoms with van der Waals surface area (Å²) in [7, 11) is 1.60. The molecular formula is C26H23NO4S2. The molecule has 0 atom stereocenters. The van der Waals surface area contributed by atoms with Gasteiger partial charge in [0.2, 0.25) is 0 Å². The maximum Gasteiger partial charge on any atom is 0.270 e. The first kappa shape index (κ1) is 22.9. The number of anilines is 1. The summed E-state index contributed by atoms with van der Waals surface area (Å²) in [5.74, 6) is 1.96. The van der Waals surface area contributed by atoms with Crippen molar-refractivity contribution in [1.29, 1.82) is 0 Å². The summed E-state index contributed by atoms with van der Waals surface area (Å²) in [5.41, 5.74) is 1.60. The Morgan fingerprint density at radius 3 is 2.33 bits per heavy atom. The van der Waals surface area contributed by atoms with E-state index in [0.29, 0.717) is 33.9 Å². The monoisotopic (exact) mass is 477 g/mol. The molecule has 1 heterocycles. The van der Waals surface area contributed by atoms with E-state index >= 15 is 0 Å². The van der Waals surface area contributed by atoms with Gasteiger partial charge in [0.15, 0.2) is 15.8 Å². The second-order valence-electron chi connectivity index (χ2n) is 7.13. The number of rotatable bonds is 9. The summed E-state index contributed by atoms with van der Waals surface area (Å²) in [6.45, 7) is 1.06. The fourth-order valence-electron chi connectivity index (χ4n) is 3.26. The lowest BCUT2D eigenvalue weighted by molar-refractivity contribution is -0.113. The summed E-state index contributed by atoms with van der Waals surface area (Å²) in [6, 6.07) is 24.7. The van der Waals surface area contributed by atoms with Gasteiger partial charge in [-0.25, -0.2) is 0 Å². The fourth-order valence-corrected chi connectivity index (χ4v) is 4.56. The molecule has 0 radical (unpaired) electrons. The van der Waals surface area contributed by atoms with Gasteiger partial charge in [-0.05, 0) is 48.0 Å². The van der Waals surface area contributed by atoms with E-state index in [4.69, 9.17) is 26.4 Å². The van der Waals surface area contributed by atoms with Crippen molar-refractivity contribution in [3.63, 3.8) is 0 Å². The molecule has 0 spiro atoms. The molecule has 0 N–H and O–H groups in total. The standard InChI is InChI=1S/C26H23NO4S2/c1-29-23-17-19(13-14-22(23)31-16-8-15-30-21-11-6-3-7-12-21)18-24-25(28)27(26(32)33-24)20-9-4-2-5-10-20/h2-7,9-14,17-18H,8,15-16H2,1H3/b24-18-. The number of carbonyl (C=O) groups is 1. The highest BCUT2D eigenvalue weighted by atomic mass is 32.2. The van der Waals surface area contributed by atoms with Crippen LogP contribution in [0.2, 0.25) is 0 Å². The van der Waals surface area contributed by atoms with Crippen LogP contribution in [0.15, 0.2) is 83.8 Å². The Morgan fingerprint density at radius 1 is 0.909 bits per heavy atom. The smallest absolute Gasteiger partial charge is 0.270 e. The first-order valence-corrected chi connectivity index (χ1v) is 11.7. The quantitative estimate of drug-likeness (QED) is 0.216. The zero-order valence-electron chi connectivity index (χ0n) is 18.1. The van der Waals surface area contributed by atoms with Crippen molar-refractivity contribution in [3.8, 4) is 17.2 Å². The van der Waals surface area contributed by atoms with Crippen LogP contribution in [0.4, 0.5) is 5.69 Å². The third-order valence-corrected chi connectivity index (χ3v) is 6.15. The van der Waals surface area contributed by atoms with Crippen LogP contribution in [-0.2, 0) is 4.79 Å². The number of hydrogen-bond donors (Lipinski definition) is 0. The molecule has 1 aliphatic rings. The molecule has 3 aromatic rings. The average Bonchev–Trinajstić information content (AvgIpc) is 3.13. The van der Waals surface area contributed by atoms with Crippen LogP contribution in [0, 0.1) is 0 Å². The molecule has 0 saturated carbocycles. The first-order valence-electron chi connectivity index (χ1n) is 10.5. The van der Waals surface area contributed by atoms with Gasteiger partial charge >= 0.3 is 0 Å². The van der Waals surface area contributed by atoms with Crippen LogP contribution in [0.3, 0.4) is 0 Å². The minimum absolute atomic E-state index is 0.131. The Labute approximate surface area is 203 Å². The van der Waals surface area contributed by atoms with E-state index in [1.54, 1.807) is 12.0 Å². The molecule has 0 bridgehead atoms. The van der Waals surface area contributed by atoms with E-state index in [1.807, 2.05) is 84.9 Å². The van der Waals surface area contributed by atoms with Crippen molar-refractivity contribution in [1.82, 2.24) is 0 Å². The van der Waals surface area contributed by atoms with Crippen molar-refractivity contribution in [2.75, 3.05) is 25.2 Å². The third kappa shape index (κ3) is 5.74. The van der Waals surface area contributed by atoms with Gasteiger partial charge in [0, 0.05) is 6.42 Å². The maximum absolute atomic E-state index is 12.9. The van der Waals surface area contributed by atoms with E-state index in [-0.39, 0.29) is 5.91 Å². The SMILES string of the molecule is COc1cc(/C=C2\SC(=S)N(c3ccccc3)C2=O)ccc1OCCCOc1ccccc1. The summed E-state index contributed by atoms with van der Waals surface area (Å²) in [4.78, 5) is 15.0. The Bertz CT molecular complexity index is 1150. The number of benzene rings is 3. The predicted octanol–water partition coefficient (Wildman–Crippen LogP) is 5.95. The van der Waals surface area contributed by atoms with E-state index in [2.05, 4.69) is 0 Å². The van der Waals surface area contributed by atoms with Crippen LogP contribution in [0.25, 0.3) is 6.08 Å². The molecule has 0 aliphatic carbocycles. The molecule has 0 aromatic heterocycles. The second kappa shape index (κ2) is 11.0. The lowest BCUT2D eigenvalue weighted by Crippen LogP contribution is -2.27. The van der Waals surface area contributed by atoms with Crippen molar-refractivity contribution < 1.29 is 19.0 Å². The molecule has 1 amide bonds. The van der Waals surface area contributed by atoms with Gasteiger partial charge in [-0.3, -0.25) is 9.69 Å². The summed E-state index contributed by atoms with van der Waals surface area (Å²) < 4.78 is 17.6. The number of hydrogen-bond acceptors (Lipinski definition) is 6. The number of para-hydroxylation sites is 2. The molecule has 1 saturated heterocycles. The Morgan fingerprint density at radius 2 is 1.61 bits per heavy atom. The zero-order valence-corrected chi connectivity index (χ0v) is 19.7. The molecule has 7 heteroatoms. The van der Waals surface area contributed by atoms with Crippen LogP contribution < -0.4 is 19.1 Å². The number of thioether (sulfide) groups is 1. The normalized spacial score (nSPS) is 14.6. The summed E-state index contributed by atoms with van der Waals surface area (Å²) in [6.07, 6.45) is 2.56. The van der Waals surface area contributed by atoms with Gasteiger partial charge in [0.05, 0.1) is 30.9 Å². The maximum atomic E-state index is 12.9. The molecule has 4 rings (SSSR count). The Kier molecular flexibility index (Phi) is 7.65. The van der Waals surface area contributed by atoms with Gasteiger partial charge in [0.25, 0.3) is 5.91 Å². The van der Waals surface area contributed by atoms with Crippen molar-refractivity contribution >= 4 is 46.0 Å². The lowest BCUT2D eigenvalue weighted by atomic mass is 10.2. The van der Waals surface area contributed by atoms with Crippen LogP contribution in [0.1, 0.15) is 12.0 Å². The van der Waals surface area contributed by atoms with E-state index in [0.717, 1.165) is 23.4 Å². The first-order chi connectivity index (χ1) is 16.2. The summed E-state index contributed by atoms with van der Waals surface area (Å²) >= 11 is 6.72. The predicted molar refractivity (Wildman–Crippen MR) is 137 cm³/mol. The van der Waals surface area contributed by atoms with Crippen LogP contribution in [0.5, 0.6) is 17.2 Å². The molecule has 168 valence electrons. The van der Waals surface area contributed by atoms with Crippen LogP contribution >= 0.6 is 24.0 Å². The Balaban J connectivity index is 1.38. The summed E-state index contributed by atoms with van der Waals surface area (Å²) in [5, 5.41) is 0. The topological polar surface area (TPSA) is 48.0 Å². The highest BCUT2D eigenvalue weighted by molar-refractivity contribution is 8.27. The van der Waals surface area contributed by atoms with Crippen molar-refractivity contribution in [3.05, 3.63) is 89.3 Å². The molecular weight excluding hydrogens is 454 g/mol. The van der Waals surface area contributed by atoms with Crippen LogP contribution in [-0.4, -0.2) is 30.6 Å². The molecule has 1 aliphatic heterocycles. The molecule has 0 unspecified atom stereocenters. The second-order valence-corrected chi connectivity index (χ2v) is 8.80. The number of nitrogens with zero attached hydrogens (tertiary/aromatic N) is 1. The number of carbonyl (C=O) groups excluding carboxylic acids is 1.